The van der Waals surface area contributed by atoms with Crippen molar-refractivity contribution in [1.29, 1.82) is 0 Å². The summed E-state index contributed by atoms with van der Waals surface area (Å²) in [5, 5.41) is 3.33. The van der Waals surface area contributed by atoms with Crippen molar-refractivity contribution in [2.45, 2.75) is 52.2 Å². The van der Waals surface area contributed by atoms with Crippen LogP contribution in [0.5, 0.6) is 0 Å². The molecule has 4 heteroatoms. The highest BCUT2D eigenvalue weighted by molar-refractivity contribution is 5.47. The number of pyridine rings is 1. The Hall–Kier alpha value is -1.16. The Kier molecular flexibility index (Phi) is 4.40. The fourth-order valence-corrected chi connectivity index (χ4v) is 2.32. The fourth-order valence-electron chi connectivity index (χ4n) is 2.32. The van der Waals surface area contributed by atoms with Crippen LogP contribution in [0.25, 0.3) is 0 Å². The molecule has 0 aromatic carbocycles. The van der Waals surface area contributed by atoms with E-state index >= 15 is 0 Å². The van der Waals surface area contributed by atoms with Crippen LogP contribution in [0.2, 0.25) is 0 Å². The summed E-state index contributed by atoms with van der Waals surface area (Å²) in [6.45, 7) is 7.05. The van der Waals surface area contributed by atoms with Gasteiger partial charge in [-0.3, -0.25) is 0 Å². The summed E-state index contributed by atoms with van der Waals surface area (Å²) in [7, 11) is 2.06. The summed E-state index contributed by atoms with van der Waals surface area (Å²) in [5.74, 6) is 1.40. The molecule has 1 fully saturated rings. The summed E-state index contributed by atoms with van der Waals surface area (Å²) in [4.78, 5) is 6.49. The summed E-state index contributed by atoms with van der Waals surface area (Å²) < 4.78 is 13.4. The minimum atomic E-state index is -0.267. The van der Waals surface area contributed by atoms with Crippen molar-refractivity contribution >= 4 is 5.82 Å². The van der Waals surface area contributed by atoms with Gasteiger partial charge in [0.05, 0.1) is 6.20 Å². The van der Waals surface area contributed by atoms with E-state index in [1.54, 1.807) is 6.07 Å². The number of hydrogen-bond acceptors (Lipinski definition) is 3. The summed E-state index contributed by atoms with van der Waals surface area (Å²) in [5.41, 5.74) is 0.934. The highest BCUT2D eigenvalue weighted by Gasteiger charge is 2.31. The van der Waals surface area contributed by atoms with Crippen LogP contribution in [-0.4, -0.2) is 24.1 Å². The molecule has 1 saturated carbocycles. The average Bonchev–Trinajstić information content (AvgIpc) is 3.19. The average molecular weight is 265 g/mol. The predicted octanol–water partition coefficient (Wildman–Crippen LogP) is 2.95. The first-order valence-electron chi connectivity index (χ1n) is 7.09. The van der Waals surface area contributed by atoms with Crippen LogP contribution in [0.4, 0.5) is 10.2 Å². The largest absolute Gasteiger partial charge is 0.356 e. The Labute approximate surface area is 115 Å². The molecule has 0 amide bonds. The zero-order valence-electron chi connectivity index (χ0n) is 12.3. The van der Waals surface area contributed by atoms with Gasteiger partial charge in [0.15, 0.2) is 0 Å². The van der Waals surface area contributed by atoms with Crippen LogP contribution in [0.15, 0.2) is 12.3 Å². The molecule has 1 aliphatic rings. The van der Waals surface area contributed by atoms with E-state index in [0.29, 0.717) is 18.6 Å². The number of anilines is 1. The van der Waals surface area contributed by atoms with E-state index in [2.05, 4.69) is 43.0 Å². The molecular formula is C15H24FN3. The third kappa shape index (κ3) is 3.66. The maximum absolute atomic E-state index is 13.4. The quantitative estimate of drug-likeness (QED) is 0.857. The molecule has 1 N–H and O–H groups in total. The van der Waals surface area contributed by atoms with Crippen LogP contribution in [-0.2, 0) is 6.54 Å². The molecule has 1 aliphatic carbocycles. The van der Waals surface area contributed by atoms with E-state index in [4.69, 9.17) is 0 Å². The lowest BCUT2D eigenvalue weighted by Gasteiger charge is -2.28. The lowest BCUT2D eigenvalue weighted by molar-refractivity contribution is 0.565. The van der Waals surface area contributed by atoms with Crippen molar-refractivity contribution in [2.75, 3.05) is 11.9 Å². The summed E-state index contributed by atoms with van der Waals surface area (Å²) in [6.07, 6.45) is 3.91. The second-order valence-corrected chi connectivity index (χ2v) is 5.86. The van der Waals surface area contributed by atoms with Crippen molar-refractivity contribution < 1.29 is 4.39 Å². The first kappa shape index (κ1) is 14.3. The Morgan fingerprint density at radius 3 is 2.68 bits per heavy atom. The molecule has 1 unspecified atom stereocenters. The molecule has 0 saturated heterocycles. The molecule has 0 bridgehead atoms. The second-order valence-electron chi connectivity index (χ2n) is 5.86. The zero-order chi connectivity index (χ0) is 14.0. The lowest BCUT2D eigenvalue weighted by Crippen LogP contribution is -2.33. The van der Waals surface area contributed by atoms with Crippen molar-refractivity contribution in [2.24, 2.45) is 5.92 Å². The van der Waals surface area contributed by atoms with Gasteiger partial charge in [0, 0.05) is 31.2 Å². The molecule has 1 aromatic rings. The Morgan fingerprint density at radius 1 is 1.42 bits per heavy atom. The van der Waals surface area contributed by atoms with Crippen molar-refractivity contribution in [3.05, 3.63) is 23.6 Å². The van der Waals surface area contributed by atoms with Gasteiger partial charge in [-0.2, -0.15) is 0 Å². The molecule has 0 aliphatic heterocycles. The standard InChI is InChI=1S/C15H24FN3/c1-10(2)17-8-13-7-14(16)9-18-15(13)19(4)11(3)12-5-6-12/h7,9-12,17H,5-6,8H2,1-4H3. The van der Waals surface area contributed by atoms with Gasteiger partial charge >= 0.3 is 0 Å². The molecule has 1 atom stereocenters. The number of aromatic nitrogens is 1. The minimum Gasteiger partial charge on any atom is -0.356 e. The van der Waals surface area contributed by atoms with Gasteiger partial charge in [0.1, 0.15) is 11.6 Å². The third-order valence-corrected chi connectivity index (χ3v) is 3.86. The number of halogens is 1. The number of hydrogen-bond donors (Lipinski definition) is 1. The molecule has 19 heavy (non-hydrogen) atoms. The number of nitrogens with one attached hydrogen (secondary N) is 1. The van der Waals surface area contributed by atoms with E-state index in [9.17, 15) is 4.39 Å². The van der Waals surface area contributed by atoms with Gasteiger partial charge in [-0.25, -0.2) is 9.37 Å². The molecule has 1 heterocycles. The van der Waals surface area contributed by atoms with Gasteiger partial charge in [0.2, 0.25) is 0 Å². The Morgan fingerprint density at radius 2 is 2.11 bits per heavy atom. The van der Waals surface area contributed by atoms with Crippen molar-refractivity contribution in [1.82, 2.24) is 10.3 Å². The highest BCUT2D eigenvalue weighted by Crippen LogP contribution is 2.36. The van der Waals surface area contributed by atoms with E-state index in [0.717, 1.165) is 17.3 Å². The number of rotatable bonds is 6. The predicted molar refractivity (Wildman–Crippen MR) is 76.8 cm³/mol. The van der Waals surface area contributed by atoms with Crippen LogP contribution in [0.1, 0.15) is 39.2 Å². The maximum atomic E-state index is 13.4. The van der Waals surface area contributed by atoms with Crippen molar-refractivity contribution in [3.8, 4) is 0 Å². The molecule has 3 nitrogen and oxygen atoms in total. The third-order valence-electron chi connectivity index (χ3n) is 3.86. The van der Waals surface area contributed by atoms with Crippen LogP contribution in [0.3, 0.4) is 0 Å². The van der Waals surface area contributed by atoms with Gasteiger partial charge in [-0.05, 0) is 31.7 Å². The molecule has 0 radical (unpaired) electrons. The second kappa shape index (κ2) is 5.87. The maximum Gasteiger partial charge on any atom is 0.141 e. The van der Waals surface area contributed by atoms with Gasteiger partial charge in [-0.1, -0.05) is 13.8 Å². The molecule has 0 spiro atoms. The normalized spacial score (nSPS) is 16.7. The first-order valence-corrected chi connectivity index (χ1v) is 7.09. The van der Waals surface area contributed by atoms with Gasteiger partial charge in [0.25, 0.3) is 0 Å². The SMILES string of the molecule is CC(C)NCc1cc(F)cnc1N(C)C(C)C1CC1. The Balaban J connectivity index is 2.17. The van der Waals surface area contributed by atoms with Crippen LogP contribution in [0, 0.1) is 11.7 Å². The minimum absolute atomic E-state index is 0.267. The fraction of sp³-hybridized carbons (Fsp3) is 0.667. The molecule has 1 aromatic heterocycles. The lowest BCUT2D eigenvalue weighted by atomic mass is 10.1. The number of nitrogens with zero attached hydrogens (tertiary/aromatic N) is 2. The smallest absolute Gasteiger partial charge is 0.141 e. The van der Waals surface area contributed by atoms with Gasteiger partial charge in [-0.15, -0.1) is 0 Å². The first-order chi connectivity index (χ1) is 8.99. The van der Waals surface area contributed by atoms with E-state index in [-0.39, 0.29) is 5.82 Å². The van der Waals surface area contributed by atoms with E-state index < -0.39 is 0 Å². The monoisotopic (exact) mass is 265 g/mol. The van der Waals surface area contributed by atoms with Crippen molar-refractivity contribution in [3.63, 3.8) is 0 Å². The molecule has 2 rings (SSSR count). The summed E-state index contributed by atoms with van der Waals surface area (Å²) >= 11 is 0. The zero-order valence-corrected chi connectivity index (χ0v) is 12.3. The molecular weight excluding hydrogens is 241 g/mol. The highest BCUT2D eigenvalue weighted by atomic mass is 19.1. The topological polar surface area (TPSA) is 28.2 Å². The van der Waals surface area contributed by atoms with Crippen LogP contribution < -0.4 is 10.2 Å². The van der Waals surface area contributed by atoms with Crippen LogP contribution >= 0.6 is 0 Å². The Bertz CT molecular complexity index is 429. The van der Waals surface area contributed by atoms with E-state index in [1.165, 1.54) is 19.0 Å². The van der Waals surface area contributed by atoms with Gasteiger partial charge < -0.3 is 10.2 Å². The summed E-state index contributed by atoms with van der Waals surface area (Å²) in [6, 6.07) is 2.44. The molecule has 106 valence electrons. The van der Waals surface area contributed by atoms with E-state index in [1.807, 2.05) is 0 Å².